The van der Waals surface area contributed by atoms with Crippen molar-refractivity contribution in [3.05, 3.63) is 35.4 Å². The molecule has 5 rings (SSSR count). The van der Waals surface area contributed by atoms with E-state index in [0.29, 0.717) is 17.8 Å². The summed E-state index contributed by atoms with van der Waals surface area (Å²) in [5.41, 5.74) is -0.492. The molecule has 0 unspecified atom stereocenters. The maximum Gasteiger partial charge on any atom is 0.402 e. The van der Waals surface area contributed by atoms with Gasteiger partial charge in [0, 0.05) is 5.41 Å². The third-order valence-corrected chi connectivity index (χ3v) is 7.66. The molecule has 0 spiro atoms. The monoisotopic (exact) mass is 458 g/mol. The van der Waals surface area contributed by atoms with Crippen LogP contribution in [0, 0.1) is 23.2 Å². The molecule has 0 radical (unpaired) electrons. The molecule has 10 heteroatoms. The van der Waals surface area contributed by atoms with Gasteiger partial charge < -0.3 is 9.47 Å². The lowest BCUT2D eigenvalue weighted by Gasteiger charge is -2.56. The molecule has 1 aromatic rings. The lowest BCUT2D eigenvalue weighted by Crippen LogP contribution is -2.48. The molecule has 1 N–H and O–H groups in total. The second kappa shape index (κ2) is 7.81. The molecule has 7 nitrogen and oxygen atoms in total. The van der Waals surface area contributed by atoms with Gasteiger partial charge in [-0.15, -0.1) is 0 Å². The Morgan fingerprint density at radius 3 is 1.87 bits per heavy atom. The van der Waals surface area contributed by atoms with Gasteiger partial charge in [0.2, 0.25) is 0 Å². The Labute approximate surface area is 178 Å². The number of hydrogen-bond acceptors (Lipinski definition) is 6. The smallest absolute Gasteiger partial charge is 0.402 e. The Bertz CT molecular complexity index is 954. The van der Waals surface area contributed by atoms with Gasteiger partial charge in [-0.2, -0.15) is 17.2 Å². The van der Waals surface area contributed by atoms with Crippen LogP contribution in [0.5, 0.6) is 0 Å². The molecule has 4 aliphatic rings. The predicted octanol–water partition coefficient (Wildman–Crippen LogP) is 3.70. The van der Waals surface area contributed by atoms with Crippen LogP contribution >= 0.6 is 0 Å². The van der Waals surface area contributed by atoms with Gasteiger partial charge in [0.25, 0.3) is 0 Å². The molecule has 0 atom stereocenters. The minimum absolute atomic E-state index is 0.0304. The number of hydrogen-bond donors (Lipinski definition) is 1. The molecule has 0 heterocycles. The summed E-state index contributed by atoms with van der Waals surface area (Å²) in [5, 5.41) is -4.66. The normalized spacial score (nSPS) is 29.6. The third-order valence-electron chi connectivity index (χ3n) is 6.79. The number of esters is 2. The van der Waals surface area contributed by atoms with Crippen molar-refractivity contribution in [3.8, 4) is 0 Å². The minimum Gasteiger partial charge on any atom is -0.461 e. The highest BCUT2D eigenvalue weighted by molar-refractivity contribution is 7.86. The number of halogens is 2. The summed E-state index contributed by atoms with van der Waals surface area (Å²) >= 11 is 0. The fraction of sp³-hybridized carbons (Fsp3) is 0.619. The van der Waals surface area contributed by atoms with Crippen molar-refractivity contribution < 1.29 is 40.8 Å². The summed E-state index contributed by atoms with van der Waals surface area (Å²) < 4.78 is 66.4. The van der Waals surface area contributed by atoms with Gasteiger partial charge >= 0.3 is 27.3 Å². The lowest BCUT2D eigenvalue weighted by molar-refractivity contribution is -0.0848. The minimum atomic E-state index is -5.74. The first kappa shape index (κ1) is 22.1. The molecule has 31 heavy (non-hydrogen) atoms. The van der Waals surface area contributed by atoms with Gasteiger partial charge in [0.1, 0.15) is 0 Å². The van der Waals surface area contributed by atoms with Crippen molar-refractivity contribution in [1.29, 1.82) is 0 Å². The van der Waals surface area contributed by atoms with E-state index in [1.165, 1.54) is 43.5 Å². The largest absolute Gasteiger partial charge is 0.461 e. The van der Waals surface area contributed by atoms with E-state index in [9.17, 15) is 26.8 Å². The molecule has 1 aromatic carbocycles. The van der Waals surface area contributed by atoms with Crippen LogP contribution in [-0.2, 0) is 19.6 Å². The van der Waals surface area contributed by atoms with Crippen molar-refractivity contribution >= 4 is 22.1 Å². The summed E-state index contributed by atoms with van der Waals surface area (Å²) in [5.74, 6) is -0.0411. The number of alkyl halides is 2. The second-order valence-electron chi connectivity index (χ2n) is 9.23. The molecule has 0 aromatic heterocycles. The maximum atomic E-state index is 13.3. The zero-order valence-electron chi connectivity index (χ0n) is 16.8. The molecular weight excluding hydrogens is 434 g/mol. The number of rotatable bonds is 7. The Balaban J connectivity index is 1.42. The Hall–Kier alpha value is -2.07. The third kappa shape index (κ3) is 4.45. The summed E-state index contributed by atoms with van der Waals surface area (Å²) in [7, 11) is -5.74. The van der Waals surface area contributed by atoms with Crippen molar-refractivity contribution in [1.82, 2.24) is 0 Å². The van der Waals surface area contributed by atoms with Crippen LogP contribution in [0.15, 0.2) is 24.3 Å². The maximum absolute atomic E-state index is 13.3. The highest BCUT2D eigenvalue weighted by atomic mass is 32.2. The highest BCUT2D eigenvalue weighted by Crippen LogP contribution is 2.60. The Morgan fingerprint density at radius 1 is 0.968 bits per heavy atom. The van der Waals surface area contributed by atoms with Gasteiger partial charge in [-0.25, -0.2) is 9.59 Å². The fourth-order valence-corrected chi connectivity index (χ4v) is 6.11. The average molecular weight is 458 g/mol. The van der Waals surface area contributed by atoms with Crippen molar-refractivity contribution in [3.63, 3.8) is 0 Å². The lowest BCUT2D eigenvalue weighted by atomic mass is 9.50. The molecule has 0 amide bonds. The molecule has 4 saturated carbocycles. The van der Waals surface area contributed by atoms with Crippen LogP contribution in [0.4, 0.5) is 8.78 Å². The molecule has 4 fully saturated rings. The number of carbonyl (C=O) groups is 2. The quantitative estimate of drug-likeness (QED) is 0.490. The van der Waals surface area contributed by atoms with Gasteiger partial charge in [-0.05, 0) is 68.4 Å². The van der Waals surface area contributed by atoms with Crippen molar-refractivity contribution in [2.45, 2.75) is 43.8 Å². The van der Waals surface area contributed by atoms with Crippen LogP contribution in [0.25, 0.3) is 0 Å². The summed E-state index contributed by atoms with van der Waals surface area (Å²) in [4.78, 5) is 24.9. The van der Waals surface area contributed by atoms with Gasteiger partial charge in [0.05, 0.1) is 17.7 Å². The van der Waals surface area contributed by atoms with E-state index in [0.717, 1.165) is 19.3 Å². The first-order valence-corrected chi connectivity index (χ1v) is 11.7. The van der Waals surface area contributed by atoms with Crippen LogP contribution in [0.2, 0.25) is 0 Å². The standard InChI is InChI=1S/C21H24F2O7S/c22-21(23,31(26,27)28)12-30-19(25)17-4-2-1-3-16(17)18(24)29-11-20-8-13-5-14(9-20)7-15(6-13)10-20/h1-4,13-15H,5-12H2,(H,26,27,28). The van der Waals surface area contributed by atoms with Gasteiger partial charge in [0.15, 0.2) is 6.61 Å². The predicted molar refractivity (Wildman–Crippen MR) is 104 cm³/mol. The highest BCUT2D eigenvalue weighted by Gasteiger charge is 2.51. The van der Waals surface area contributed by atoms with Crippen molar-refractivity contribution in [2.75, 3.05) is 13.2 Å². The van der Waals surface area contributed by atoms with E-state index in [1.54, 1.807) is 0 Å². The summed E-state index contributed by atoms with van der Waals surface area (Å²) in [6.45, 7) is -1.62. The zero-order valence-corrected chi connectivity index (χ0v) is 17.6. The molecule has 170 valence electrons. The van der Waals surface area contributed by atoms with E-state index in [4.69, 9.17) is 9.29 Å². The Morgan fingerprint density at radius 2 is 1.42 bits per heavy atom. The second-order valence-corrected chi connectivity index (χ2v) is 10.8. The molecule has 4 bridgehead atoms. The topological polar surface area (TPSA) is 107 Å². The van der Waals surface area contributed by atoms with E-state index in [-0.39, 0.29) is 23.1 Å². The number of carbonyl (C=O) groups excluding carboxylic acids is 2. The van der Waals surface area contributed by atoms with E-state index < -0.39 is 33.9 Å². The SMILES string of the molecule is O=C(OCC12CC3CC(CC(C3)C1)C2)c1ccccc1C(=O)OCC(F)(F)S(=O)(=O)O. The average Bonchev–Trinajstić information content (AvgIpc) is 2.68. The Kier molecular flexibility index (Phi) is 5.58. The molecule has 0 saturated heterocycles. The first-order valence-electron chi connectivity index (χ1n) is 10.3. The van der Waals surface area contributed by atoms with Crippen molar-refractivity contribution in [2.24, 2.45) is 23.2 Å². The fourth-order valence-electron chi connectivity index (χ4n) is 5.90. The van der Waals surface area contributed by atoms with Crippen LogP contribution in [-0.4, -0.2) is 43.4 Å². The van der Waals surface area contributed by atoms with Crippen LogP contribution < -0.4 is 0 Å². The molecular formula is C21H24F2O7S. The molecule has 4 aliphatic carbocycles. The van der Waals surface area contributed by atoms with Gasteiger partial charge in [-0.1, -0.05) is 12.1 Å². The summed E-state index contributed by atoms with van der Waals surface area (Å²) in [6.07, 6.45) is 6.82. The van der Waals surface area contributed by atoms with E-state index >= 15 is 0 Å². The number of benzene rings is 1. The first-order chi connectivity index (χ1) is 14.5. The van der Waals surface area contributed by atoms with Crippen LogP contribution in [0.3, 0.4) is 0 Å². The molecule has 0 aliphatic heterocycles. The zero-order chi connectivity index (χ0) is 22.4. The van der Waals surface area contributed by atoms with Gasteiger partial charge in [-0.3, -0.25) is 4.55 Å². The van der Waals surface area contributed by atoms with Crippen LogP contribution in [0.1, 0.15) is 59.2 Å². The summed E-state index contributed by atoms with van der Waals surface area (Å²) in [6, 6.07) is 5.42. The van der Waals surface area contributed by atoms with E-state index in [1.807, 2.05) is 0 Å². The van der Waals surface area contributed by atoms with E-state index in [2.05, 4.69) is 4.74 Å². The number of ether oxygens (including phenoxy) is 2.